The van der Waals surface area contributed by atoms with E-state index in [2.05, 4.69) is 5.32 Å². The molecule has 20 heavy (non-hydrogen) atoms. The summed E-state index contributed by atoms with van der Waals surface area (Å²) in [7, 11) is 0. The van der Waals surface area contributed by atoms with Gasteiger partial charge in [-0.05, 0) is 23.8 Å². The normalized spacial score (nSPS) is 14.8. The molecule has 1 amide bonds. The summed E-state index contributed by atoms with van der Waals surface area (Å²) >= 11 is 0. The van der Waals surface area contributed by atoms with E-state index < -0.39 is 0 Å². The van der Waals surface area contributed by atoms with Gasteiger partial charge in [-0.1, -0.05) is 25.1 Å². The average Bonchev–Trinajstić information content (AvgIpc) is 2.86. The number of furan rings is 1. The maximum Gasteiger partial charge on any atom is 0.294 e. The Morgan fingerprint density at radius 1 is 1.30 bits per heavy atom. The molecule has 1 aliphatic heterocycles. The molecule has 0 saturated heterocycles. The van der Waals surface area contributed by atoms with Gasteiger partial charge in [-0.2, -0.15) is 0 Å². The molecular formula is C16H18N2O2. The first-order valence-electron chi connectivity index (χ1n) is 6.99. The van der Waals surface area contributed by atoms with E-state index in [1.165, 1.54) is 0 Å². The van der Waals surface area contributed by atoms with Crippen molar-refractivity contribution in [1.82, 2.24) is 5.32 Å². The van der Waals surface area contributed by atoms with Crippen molar-refractivity contribution in [1.29, 1.82) is 0 Å². The Hall–Kier alpha value is -2.07. The van der Waals surface area contributed by atoms with E-state index in [9.17, 15) is 4.79 Å². The molecule has 3 rings (SSSR count). The van der Waals surface area contributed by atoms with Crippen LogP contribution in [-0.4, -0.2) is 19.0 Å². The first kappa shape index (κ1) is 12.9. The Morgan fingerprint density at radius 3 is 2.95 bits per heavy atom. The quantitative estimate of drug-likeness (QED) is 0.912. The van der Waals surface area contributed by atoms with Gasteiger partial charge in [0, 0.05) is 31.7 Å². The highest BCUT2D eigenvalue weighted by Crippen LogP contribution is 2.24. The molecule has 1 N–H and O–H groups in total. The minimum absolute atomic E-state index is 0.0687. The number of hydrogen-bond donors (Lipinski definition) is 1. The zero-order valence-electron chi connectivity index (χ0n) is 11.6. The highest BCUT2D eigenvalue weighted by Gasteiger charge is 2.24. The number of nitrogens with zero attached hydrogens (tertiary/aromatic N) is 1. The zero-order valence-corrected chi connectivity index (χ0v) is 11.6. The third-order valence-corrected chi connectivity index (χ3v) is 3.58. The third kappa shape index (κ3) is 2.34. The minimum atomic E-state index is -0.0687. The molecule has 4 nitrogen and oxygen atoms in total. The van der Waals surface area contributed by atoms with Gasteiger partial charge in [0.25, 0.3) is 5.91 Å². The molecule has 104 valence electrons. The van der Waals surface area contributed by atoms with E-state index >= 15 is 0 Å². The van der Waals surface area contributed by atoms with Crippen LogP contribution in [0.3, 0.4) is 0 Å². The second-order valence-corrected chi connectivity index (χ2v) is 4.88. The van der Waals surface area contributed by atoms with Crippen molar-refractivity contribution >= 4 is 11.6 Å². The lowest BCUT2D eigenvalue weighted by Gasteiger charge is -2.21. The summed E-state index contributed by atoms with van der Waals surface area (Å²) in [4.78, 5) is 14.4. The molecule has 4 heteroatoms. The van der Waals surface area contributed by atoms with Gasteiger partial charge in [-0.25, -0.2) is 0 Å². The lowest BCUT2D eigenvalue weighted by Crippen LogP contribution is -2.34. The Bertz CT molecular complexity index is 618. The predicted octanol–water partition coefficient (Wildman–Crippen LogP) is 2.59. The summed E-state index contributed by atoms with van der Waals surface area (Å²) in [5, 5.41) is 3.33. The van der Waals surface area contributed by atoms with Gasteiger partial charge in [-0.15, -0.1) is 0 Å². The average molecular weight is 270 g/mol. The van der Waals surface area contributed by atoms with Gasteiger partial charge >= 0.3 is 0 Å². The van der Waals surface area contributed by atoms with E-state index in [1.54, 1.807) is 11.0 Å². The van der Waals surface area contributed by atoms with Gasteiger partial charge in [-0.3, -0.25) is 4.79 Å². The molecule has 0 spiro atoms. The second kappa shape index (κ2) is 5.51. The van der Waals surface area contributed by atoms with E-state index in [0.29, 0.717) is 12.3 Å². The van der Waals surface area contributed by atoms with Gasteiger partial charge in [0.05, 0.1) is 0 Å². The molecule has 0 saturated carbocycles. The maximum atomic E-state index is 12.6. The number of aryl methyl sites for hydroxylation is 1. The molecule has 0 atom stereocenters. The minimum Gasteiger partial charge on any atom is -0.456 e. The van der Waals surface area contributed by atoms with E-state index in [4.69, 9.17) is 4.42 Å². The Morgan fingerprint density at radius 2 is 2.15 bits per heavy atom. The van der Waals surface area contributed by atoms with Crippen LogP contribution in [0.25, 0.3) is 0 Å². The van der Waals surface area contributed by atoms with Gasteiger partial charge in [0.2, 0.25) is 0 Å². The van der Waals surface area contributed by atoms with Crippen molar-refractivity contribution in [3.8, 4) is 0 Å². The van der Waals surface area contributed by atoms with Crippen molar-refractivity contribution in [2.75, 3.05) is 18.0 Å². The van der Waals surface area contributed by atoms with Crippen LogP contribution in [0.2, 0.25) is 0 Å². The van der Waals surface area contributed by atoms with Gasteiger partial charge in [0.1, 0.15) is 5.76 Å². The Balaban J connectivity index is 1.94. The van der Waals surface area contributed by atoms with Gasteiger partial charge in [0.15, 0.2) is 5.76 Å². The summed E-state index contributed by atoms with van der Waals surface area (Å²) in [5.41, 5.74) is 2.11. The van der Waals surface area contributed by atoms with E-state index in [0.717, 1.165) is 36.5 Å². The number of hydrogen-bond acceptors (Lipinski definition) is 3. The standard InChI is InChI=1S/C16H18N2O2/c1-2-13-7-8-15(20-13)16(19)18-10-9-17-11-12-5-3-4-6-14(12)18/h3-8,17H,2,9-11H2,1H3. The highest BCUT2D eigenvalue weighted by atomic mass is 16.4. The molecule has 0 radical (unpaired) electrons. The number of para-hydroxylation sites is 1. The van der Waals surface area contributed by atoms with Crippen LogP contribution in [0.15, 0.2) is 40.8 Å². The molecule has 0 aliphatic carbocycles. The Labute approximate surface area is 118 Å². The van der Waals surface area contributed by atoms with Crippen molar-refractivity contribution in [2.24, 2.45) is 0 Å². The molecule has 0 bridgehead atoms. The zero-order chi connectivity index (χ0) is 13.9. The maximum absolute atomic E-state index is 12.6. The smallest absolute Gasteiger partial charge is 0.294 e. The van der Waals surface area contributed by atoms with Crippen molar-refractivity contribution in [2.45, 2.75) is 19.9 Å². The lowest BCUT2D eigenvalue weighted by molar-refractivity contribution is 0.0959. The van der Waals surface area contributed by atoms with Crippen molar-refractivity contribution in [3.63, 3.8) is 0 Å². The molecule has 1 aliphatic rings. The van der Waals surface area contributed by atoms with Crippen LogP contribution in [0.4, 0.5) is 5.69 Å². The topological polar surface area (TPSA) is 45.5 Å². The fourth-order valence-electron chi connectivity index (χ4n) is 2.48. The summed E-state index contributed by atoms with van der Waals surface area (Å²) in [5.74, 6) is 1.19. The number of rotatable bonds is 2. The first-order chi connectivity index (χ1) is 9.79. The molecule has 1 aromatic carbocycles. The molecule has 0 fully saturated rings. The monoisotopic (exact) mass is 270 g/mol. The van der Waals surface area contributed by atoms with Crippen molar-refractivity contribution in [3.05, 3.63) is 53.5 Å². The number of amides is 1. The molecule has 0 unspecified atom stereocenters. The summed E-state index contributed by atoms with van der Waals surface area (Å²) in [6.07, 6.45) is 0.797. The molecule has 2 aromatic rings. The summed E-state index contributed by atoms with van der Waals surface area (Å²) < 4.78 is 5.59. The summed E-state index contributed by atoms with van der Waals surface area (Å²) in [6, 6.07) is 11.6. The van der Waals surface area contributed by atoms with Crippen LogP contribution >= 0.6 is 0 Å². The largest absolute Gasteiger partial charge is 0.456 e. The number of nitrogens with one attached hydrogen (secondary N) is 1. The molecule has 2 heterocycles. The van der Waals surface area contributed by atoms with E-state index in [1.807, 2.05) is 37.3 Å². The number of carbonyl (C=O) groups excluding carboxylic acids is 1. The van der Waals surface area contributed by atoms with Crippen LogP contribution in [-0.2, 0) is 13.0 Å². The SMILES string of the molecule is CCc1ccc(C(=O)N2CCNCc3ccccc32)o1. The summed E-state index contributed by atoms with van der Waals surface area (Å²) in [6.45, 7) is 4.23. The number of carbonyl (C=O) groups is 1. The fourth-order valence-corrected chi connectivity index (χ4v) is 2.48. The van der Waals surface area contributed by atoms with Crippen LogP contribution < -0.4 is 10.2 Å². The number of benzene rings is 1. The number of anilines is 1. The molecule has 1 aromatic heterocycles. The predicted molar refractivity (Wildman–Crippen MR) is 77.9 cm³/mol. The van der Waals surface area contributed by atoms with Gasteiger partial charge < -0.3 is 14.6 Å². The van der Waals surface area contributed by atoms with Crippen LogP contribution in [0.5, 0.6) is 0 Å². The number of fused-ring (bicyclic) bond motifs is 1. The third-order valence-electron chi connectivity index (χ3n) is 3.58. The van der Waals surface area contributed by atoms with Crippen LogP contribution in [0, 0.1) is 0 Å². The van der Waals surface area contributed by atoms with Crippen molar-refractivity contribution < 1.29 is 9.21 Å². The lowest BCUT2D eigenvalue weighted by atomic mass is 10.1. The van der Waals surface area contributed by atoms with Crippen LogP contribution in [0.1, 0.15) is 28.8 Å². The molecular weight excluding hydrogens is 252 g/mol. The first-order valence-corrected chi connectivity index (χ1v) is 6.99. The fraction of sp³-hybridized carbons (Fsp3) is 0.312. The van der Waals surface area contributed by atoms with E-state index in [-0.39, 0.29) is 5.91 Å². The Kier molecular flexibility index (Phi) is 3.56. The second-order valence-electron chi connectivity index (χ2n) is 4.88. The highest BCUT2D eigenvalue weighted by molar-refractivity contribution is 6.04.